The van der Waals surface area contributed by atoms with Crippen molar-refractivity contribution in [1.29, 1.82) is 0 Å². The molecule has 0 radical (unpaired) electrons. The number of aryl methyl sites for hydroxylation is 2. The zero-order valence-electron chi connectivity index (χ0n) is 20.8. The number of hydrogen-bond donors (Lipinski definition) is 1. The van der Waals surface area contributed by atoms with Gasteiger partial charge in [-0.05, 0) is 73.5 Å². The highest BCUT2D eigenvalue weighted by atomic mass is 35.5. The number of nitro groups is 1. The van der Waals surface area contributed by atoms with Crippen molar-refractivity contribution in [2.24, 2.45) is 0 Å². The smallest absolute Gasteiger partial charge is 0.338 e. The van der Waals surface area contributed by atoms with Crippen LogP contribution in [0.5, 0.6) is 0 Å². The van der Waals surface area contributed by atoms with E-state index in [0.717, 1.165) is 10.4 Å². The van der Waals surface area contributed by atoms with E-state index in [4.69, 9.17) is 27.9 Å². The van der Waals surface area contributed by atoms with Crippen molar-refractivity contribution >= 4 is 62.2 Å². The van der Waals surface area contributed by atoms with Gasteiger partial charge in [-0.2, -0.15) is 0 Å². The molecule has 3 rings (SSSR count). The van der Waals surface area contributed by atoms with E-state index < -0.39 is 33.4 Å². The van der Waals surface area contributed by atoms with Crippen LogP contribution in [0.1, 0.15) is 21.5 Å². The summed E-state index contributed by atoms with van der Waals surface area (Å²) < 4.78 is 33.1. The Kier molecular flexibility index (Phi) is 9.33. The topological polar surface area (TPSA) is 136 Å². The van der Waals surface area contributed by atoms with Gasteiger partial charge in [0.2, 0.25) is 0 Å². The van der Waals surface area contributed by atoms with Crippen LogP contribution >= 0.6 is 23.2 Å². The van der Waals surface area contributed by atoms with Gasteiger partial charge in [0.1, 0.15) is 10.6 Å². The fraction of sp³-hybridized carbons (Fsp3) is 0.154. The summed E-state index contributed by atoms with van der Waals surface area (Å²) in [5, 5.41) is 14.0. The monoisotopic (exact) mass is 591 g/mol. The highest BCUT2D eigenvalue weighted by Crippen LogP contribution is 2.31. The van der Waals surface area contributed by atoms with Crippen molar-refractivity contribution in [2.75, 3.05) is 22.8 Å². The molecular weight excluding hydrogens is 569 g/mol. The highest BCUT2D eigenvalue weighted by molar-refractivity contribution is 7.93. The third-order valence-electron chi connectivity index (χ3n) is 5.56. The number of amides is 1. The van der Waals surface area contributed by atoms with E-state index >= 15 is 0 Å². The van der Waals surface area contributed by atoms with Crippen molar-refractivity contribution in [1.82, 2.24) is 0 Å². The van der Waals surface area contributed by atoms with Gasteiger partial charge in [0, 0.05) is 11.1 Å². The van der Waals surface area contributed by atoms with Crippen LogP contribution in [0.15, 0.2) is 72.1 Å². The molecule has 1 amide bonds. The summed E-state index contributed by atoms with van der Waals surface area (Å²) in [4.78, 5) is 35.4. The zero-order valence-corrected chi connectivity index (χ0v) is 23.1. The number of carbonyl (C=O) groups is 2. The number of ether oxygens (including phenoxy) is 1. The maximum Gasteiger partial charge on any atom is 0.338 e. The number of rotatable bonds is 10. The van der Waals surface area contributed by atoms with Gasteiger partial charge in [-0.3, -0.25) is 19.2 Å². The molecule has 0 unspecified atom stereocenters. The first-order valence-electron chi connectivity index (χ1n) is 11.3. The van der Waals surface area contributed by atoms with Crippen LogP contribution < -0.4 is 9.62 Å². The highest BCUT2D eigenvalue weighted by Gasteiger charge is 2.28. The molecule has 204 valence electrons. The second kappa shape index (κ2) is 12.3. The first-order valence-corrected chi connectivity index (χ1v) is 13.5. The molecule has 3 aromatic carbocycles. The van der Waals surface area contributed by atoms with Gasteiger partial charge >= 0.3 is 5.97 Å². The van der Waals surface area contributed by atoms with Crippen molar-refractivity contribution < 1.29 is 27.7 Å². The van der Waals surface area contributed by atoms with Crippen molar-refractivity contribution in [3.8, 4) is 0 Å². The summed E-state index contributed by atoms with van der Waals surface area (Å²) in [6.07, 6.45) is 1.39. The largest absolute Gasteiger partial charge is 0.452 e. The average molecular weight is 592 g/mol. The fourth-order valence-corrected chi connectivity index (χ4v) is 5.53. The number of sulfonamides is 1. The lowest BCUT2D eigenvalue weighted by molar-refractivity contribution is -0.384. The quantitative estimate of drug-likeness (QED) is 0.138. The van der Waals surface area contributed by atoms with Crippen molar-refractivity contribution in [3.63, 3.8) is 0 Å². The number of nitrogens with zero attached hydrogens (tertiary/aromatic N) is 2. The van der Waals surface area contributed by atoms with E-state index in [9.17, 15) is 28.1 Å². The summed E-state index contributed by atoms with van der Waals surface area (Å²) >= 11 is 12.1. The first kappa shape index (κ1) is 29.6. The maximum atomic E-state index is 13.5. The summed E-state index contributed by atoms with van der Waals surface area (Å²) in [6, 6.07) is 12.3. The van der Waals surface area contributed by atoms with Crippen LogP contribution in [0.4, 0.5) is 17.1 Å². The second-order valence-corrected chi connectivity index (χ2v) is 11.0. The molecule has 1 N–H and O–H groups in total. The fourth-order valence-electron chi connectivity index (χ4n) is 3.47. The van der Waals surface area contributed by atoms with Gasteiger partial charge in [-0.15, -0.1) is 6.58 Å². The molecule has 0 spiro atoms. The summed E-state index contributed by atoms with van der Waals surface area (Å²) in [5.74, 6) is -1.83. The number of hydrogen-bond acceptors (Lipinski definition) is 7. The van der Waals surface area contributed by atoms with E-state index in [1.807, 2.05) is 0 Å². The normalized spacial score (nSPS) is 11.0. The molecule has 13 heteroatoms. The minimum absolute atomic E-state index is 0.0477. The molecule has 0 aliphatic heterocycles. The Morgan fingerprint density at radius 1 is 1.08 bits per heavy atom. The average Bonchev–Trinajstić information content (AvgIpc) is 2.88. The van der Waals surface area contributed by atoms with Crippen LogP contribution in [-0.2, 0) is 19.6 Å². The number of esters is 1. The number of benzene rings is 3. The summed E-state index contributed by atoms with van der Waals surface area (Å²) in [7, 11) is -4.27. The van der Waals surface area contributed by atoms with Gasteiger partial charge in [-0.25, -0.2) is 13.2 Å². The minimum Gasteiger partial charge on any atom is -0.452 e. The lowest BCUT2D eigenvalue weighted by Gasteiger charge is -2.24. The number of nitrogens with one attached hydrogen (secondary N) is 1. The number of carbonyl (C=O) groups excluding carboxylic acids is 2. The minimum atomic E-state index is -4.27. The number of nitro benzene ring substituents is 1. The Labute approximate surface area is 235 Å². The molecule has 10 nitrogen and oxygen atoms in total. The molecule has 0 saturated carbocycles. The van der Waals surface area contributed by atoms with E-state index in [2.05, 4.69) is 11.9 Å². The molecule has 0 bridgehead atoms. The van der Waals surface area contributed by atoms with Crippen molar-refractivity contribution in [3.05, 3.63) is 104 Å². The molecular formula is C26H23Cl2N3O7S. The third kappa shape index (κ3) is 6.94. The number of halogens is 2. The Morgan fingerprint density at radius 2 is 1.72 bits per heavy atom. The first-order chi connectivity index (χ1) is 18.3. The Bertz CT molecular complexity index is 1560. The Balaban J connectivity index is 1.81. The van der Waals surface area contributed by atoms with Crippen LogP contribution in [0.3, 0.4) is 0 Å². The van der Waals surface area contributed by atoms with Gasteiger partial charge in [0.05, 0.1) is 27.7 Å². The molecule has 0 aromatic heterocycles. The zero-order chi connectivity index (χ0) is 28.9. The van der Waals surface area contributed by atoms with Gasteiger partial charge in [-0.1, -0.05) is 29.3 Å². The summed E-state index contributed by atoms with van der Waals surface area (Å²) in [6.45, 7) is 6.15. The SMILES string of the molecule is C=CCN(c1ccc(Cl)cc1)S(=O)(=O)c1cc(C(=O)OCC(=O)Nc2cc(C)c(C)cc2[N+](=O)[O-])ccc1Cl. The predicted octanol–water partition coefficient (Wildman–Crippen LogP) is 5.70. The second-order valence-electron chi connectivity index (χ2n) is 8.28. The molecule has 0 aliphatic rings. The van der Waals surface area contributed by atoms with Gasteiger partial charge in [0.15, 0.2) is 6.61 Å². The molecule has 0 atom stereocenters. The van der Waals surface area contributed by atoms with Crippen LogP contribution in [0.25, 0.3) is 0 Å². The molecule has 0 fully saturated rings. The van der Waals surface area contributed by atoms with Gasteiger partial charge < -0.3 is 10.1 Å². The van der Waals surface area contributed by atoms with Crippen LogP contribution in [0, 0.1) is 24.0 Å². The lowest BCUT2D eigenvalue weighted by atomic mass is 10.1. The number of anilines is 2. The van der Waals surface area contributed by atoms with Crippen molar-refractivity contribution in [2.45, 2.75) is 18.7 Å². The van der Waals surface area contributed by atoms with Crippen LogP contribution in [0.2, 0.25) is 10.0 Å². The van der Waals surface area contributed by atoms with Gasteiger partial charge in [0.25, 0.3) is 21.6 Å². The molecule has 0 heterocycles. The standard InChI is InChI=1S/C26H23Cl2N3O7S/c1-4-11-30(20-8-6-19(27)7-9-20)39(36,37)24-14-18(5-10-21(24)28)26(33)38-15-25(32)29-22-12-16(2)17(3)13-23(22)31(34)35/h4-10,12-14H,1,11,15H2,2-3H3,(H,29,32). The third-order valence-corrected chi connectivity index (χ3v) is 8.09. The molecule has 0 aliphatic carbocycles. The summed E-state index contributed by atoms with van der Waals surface area (Å²) in [5.41, 5.74) is 1.14. The van der Waals surface area contributed by atoms with E-state index in [-0.39, 0.29) is 33.4 Å². The molecule has 3 aromatic rings. The maximum absolute atomic E-state index is 13.5. The van der Waals surface area contributed by atoms with E-state index in [0.29, 0.717) is 21.8 Å². The van der Waals surface area contributed by atoms with E-state index in [1.54, 1.807) is 13.8 Å². The molecule has 0 saturated heterocycles. The Hall–Kier alpha value is -3.93. The lowest BCUT2D eigenvalue weighted by Crippen LogP contribution is -2.31. The van der Waals surface area contributed by atoms with Crippen LogP contribution in [-0.4, -0.2) is 38.4 Å². The Morgan fingerprint density at radius 3 is 2.33 bits per heavy atom. The van der Waals surface area contributed by atoms with E-state index in [1.165, 1.54) is 54.6 Å². The predicted molar refractivity (Wildman–Crippen MR) is 149 cm³/mol. The molecule has 39 heavy (non-hydrogen) atoms.